The minimum absolute atomic E-state index is 0.0908. The fraction of sp³-hybridized carbons (Fsp3) is 0.909. The Bertz CT molecular complexity index is 190. The summed E-state index contributed by atoms with van der Waals surface area (Å²) in [5.74, 6) is 0. The minimum atomic E-state index is 0.0908. The van der Waals surface area contributed by atoms with Gasteiger partial charge >= 0.3 is 6.03 Å². The molecule has 0 aromatic heterocycles. The molecule has 0 aromatic rings. The third-order valence-electron chi connectivity index (χ3n) is 2.77. The van der Waals surface area contributed by atoms with Crippen LogP contribution in [-0.4, -0.2) is 43.2 Å². The highest BCUT2D eigenvalue weighted by atomic mass is 16.2. The highest BCUT2D eigenvalue weighted by Gasteiger charge is 2.23. The Kier molecular flexibility index (Phi) is 5.47. The Hall–Kier alpha value is -0.770. The van der Waals surface area contributed by atoms with E-state index >= 15 is 0 Å². The minimum Gasteiger partial charge on any atom is -0.338 e. The van der Waals surface area contributed by atoms with Crippen molar-refractivity contribution in [2.75, 3.05) is 26.2 Å². The molecule has 1 rings (SSSR count). The number of urea groups is 1. The maximum atomic E-state index is 11.8. The fourth-order valence-corrected chi connectivity index (χ4v) is 2.04. The van der Waals surface area contributed by atoms with Crippen molar-refractivity contribution in [2.24, 2.45) is 0 Å². The van der Waals surface area contributed by atoms with Gasteiger partial charge in [-0.3, -0.25) is 0 Å². The predicted octanol–water partition coefficient (Wildman–Crippen LogP) is 1.18. The maximum Gasteiger partial charge on any atom is 0.317 e. The van der Waals surface area contributed by atoms with Crippen LogP contribution >= 0.6 is 0 Å². The molecule has 88 valence electrons. The average Bonchev–Trinajstić information content (AvgIpc) is 2.27. The van der Waals surface area contributed by atoms with Gasteiger partial charge in [-0.05, 0) is 32.7 Å². The average molecular weight is 213 g/mol. The van der Waals surface area contributed by atoms with Crippen LogP contribution in [0.5, 0.6) is 0 Å². The topological polar surface area (TPSA) is 44.4 Å². The van der Waals surface area contributed by atoms with E-state index in [2.05, 4.69) is 17.6 Å². The van der Waals surface area contributed by atoms with Crippen molar-refractivity contribution in [2.45, 2.75) is 39.2 Å². The Morgan fingerprint density at radius 2 is 2.33 bits per heavy atom. The molecule has 1 saturated heterocycles. The highest BCUT2D eigenvalue weighted by Crippen LogP contribution is 2.11. The van der Waals surface area contributed by atoms with E-state index in [9.17, 15) is 4.79 Å². The number of hydrogen-bond donors (Lipinski definition) is 2. The number of carbonyl (C=O) groups is 1. The second kappa shape index (κ2) is 6.67. The van der Waals surface area contributed by atoms with Gasteiger partial charge in [-0.25, -0.2) is 4.79 Å². The van der Waals surface area contributed by atoms with E-state index in [1.54, 1.807) is 0 Å². The normalized spacial score (nSPS) is 21.1. The molecule has 15 heavy (non-hydrogen) atoms. The summed E-state index contributed by atoms with van der Waals surface area (Å²) < 4.78 is 0. The Labute approximate surface area is 92.4 Å². The zero-order chi connectivity index (χ0) is 11.1. The first kappa shape index (κ1) is 12.3. The number of nitrogens with zero attached hydrogens (tertiary/aromatic N) is 1. The van der Waals surface area contributed by atoms with Crippen molar-refractivity contribution in [3.05, 3.63) is 0 Å². The molecule has 2 amide bonds. The highest BCUT2D eigenvalue weighted by molar-refractivity contribution is 5.74. The first-order valence-corrected chi connectivity index (χ1v) is 6.04. The van der Waals surface area contributed by atoms with Crippen molar-refractivity contribution in [1.82, 2.24) is 15.5 Å². The van der Waals surface area contributed by atoms with E-state index in [0.29, 0.717) is 12.6 Å². The number of piperidine rings is 1. The van der Waals surface area contributed by atoms with Gasteiger partial charge in [0.2, 0.25) is 0 Å². The molecule has 0 bridgehead atoms. The summed E-state index contributed by atoms with van der Waals surface area (Å²) in [6.07, 6.45) is 3.32. The summed E-state index contributed by atoms with van der Waals surface area (Å²) in [6.45, 7) is 7.67. The molecular formula is C11H23N3O. The van der Waals surface area contributed by atoms with Gasteiger partial charge in [0.1, 0.15) is 0 Å². The number of carbonyl (C=O) groups excluding carboxylic acids is 1. The molecule has 0 aliphatic carbocycles. The molecule has 1 aliphatic heterocycles. The van der Waals surface area contributed by atoms with E-state index < -0.39 is 0 Å². The van der Waals surface area contributed by atoms with Gasteiger partial charge < -0.3 is 15.5 Å². The molecular weight excluding hydrogens is 190 g/mol. The summed E-state index contributed by atoms with van der Waals surface area (Å²) >= 11 is 0. The smallest absolute Gasteiger partial charge is 0.317 e. The molecule has 1 atom stereocenters. The van der Waals surface area contributed by atoms with Crippen LogP contribution in [0.1, 0.15) is 33.1 Å². The lowest BCUT2D eigenvalue weighted by molar-refractivity contribution is 0.161. The van der Waals surface area contributed by atoms with E-state index in [-0.39, 0.29) is 6.03 Å². The fourth-order valence-electron chi connectivity index (χ4n) is 2.04. The maximum absolute atomic E-state index is 11.8. The SMILES string of the molecule is CCCN(C(=O)NCC)C1CCCNC1. The lowest BCUT2D eigenvalue weighted by Crippen LogP contribution is -2.52. The van der Waals surface area contributed by atoms with Crippen LogP contribution in [0, 0.1) is 0 Å². The van der Waals surface area contributed by atoms with Gasteiger partial charge in [-0.15, -0.1) is 0 Å². The Balaban J connectivity index is 2.50. The van der Waals surface area contributed by atoms with Gasteiger partial charge in [0.15, 0.2) is 0 Å². The summed E-state index contributed by atoms with van der Waals surface area (Å²) in [7, 11) is 0. The molecule has 1 aliphatic rings. The van der Waals surface area contributed by atoms with Crippen molar-refractivity contribution >= 4 is 6.03 Å². The van der Waals surface area contributed by atoms with Gasteiger partial charge in [0.25, 0.3) is 0 Å². The van der Waals surface area contributed by atoms with Crippen LogP contribution in [-0.2, 0) is 0 Å². The van der Waals surface area contributed by atoms with E-state index in [0.717, 1.165) is 32.5 Å². The zero-order valence-electron chi connectivity index (χ0n) is 9.88. The number of amides is 2. The van der Waals surface area contributed by atoms with Gasteiger partial charge in [0, 0.05) is 25.7 Å². The third kappa shape index (κ3) is 3.70. The van der Waals surface area contributed by atoms with Crippen LogP contribution in [0.3, 0.4) is 0 Å². The first-order chi connectivity index (χ1) is 7.29. The van der Waals surface area contributed by atoms with Crippen LogP contribution in [0.25, 0.3) is 0 Å². The second-order valence-electron chi connectivity index (χ2n) is 4.03. The summed E-state index contributed by atoms with van der Waals surface area (Å²) in [5.41, 5.74) is 0. The third-order valence-corrected chi connectivity index (χ3v) is 2.77. The van der Waals surface area contributed by atoms with Gasteiger partial charge in [-0.1, -0.05) is 6.92 Å². The van der Waals surface area contributed by atoms with Crippen LogP contribution in [0.4, 0.5) is 4.79 Å². The molecule has 1 unspecified atom stereocenters. The summed E-state index contributed by atoms with van der Waals surface area (Å²) in [5, 5.41) is 6.24. The van der Waals surface area contributed by atoms with Crippen molar-refractivity contribution in [3.8, 4) is 0 Å². The van der Waals surface area contributed by atoms with Crippen molar-refractivity contribution in [3.63, 3.8) is 0 Å². The standard InChI is InChI=1S/C11H23N3O/c1-3-8-14(11(15)13-4-2)10-6-5-7-12-9-10/h10,12H,3-9H2,1-2H3,(H,13,15). The van der Waals surface area contributed by atoms with Gasteiger partial charge in [0.05, 0.1) is 0 Å². The van der Waals surface area contributed by atoms with Crippen LogP contribution < -0.4 is 10.6 Å². The molecule has 0 aromatic carbocycles. The number of hydrogen-bond acceptors (Lipinski definition) is 2. The molecule has 4 heteroatoms. The van der Waals surface area contributed by atoms with Crippen LogP contribution in [0.15, 0.2) is 0 Å². The number of rotatable bonds is 4. The second-order valence-corrected chi connectivity index (χ2v) is 4.03. The quantitative estimate of drug-likeness (QED) is 0.736. The molecule has 2 N–H and O–H groups in total. The largest absolute Gasteiger partial charge is 0.338 e. The lowest BCUT2D eigenvalue weighted by atomic mass is 10.1. The van der Waals surface area contributed by atoms with Crippen LogP contribution in [0.2, 0.25) is 0 Å². The molecule has 0 radical (unpaired) electrons. The van der Waals surface area contributed by atoms with Gasteiger partial charge in [-0.2, -0.15) is 0 Å². The lowest BCUT2D eigenvalue weighted by Gasteiger charge is -2.34. The van der Waals surface area contributed by atoms with E-state index in [4.69, 9.17) is 0 Å². The monoisotopic (exact) mass is 213 g/mol. The zero-order valence-corrected chi connectivity index (χ0v) is 9.88. The molecule has 4 nitrogen and oxygen atoms in total. The molecule has 0 spiro atoms. The summed E-state index contributed by atoms with van der Waals surface area (Å²) in [4.78, 5) is 13.8. The Morgan fingerprint density at radius 3 is 2.87 bits per heavy atom. The Morgan fingerprint density at radius 1 is 1.53 bits per heavy atom. The summed E-state index contributed by atoms with van der Waals surface area (Å²) in [6, 6.07) is 0.471. The first-order valence-electron chi connectivity index (χ1n) is 6.04. The number of nitrogens with one attached hydrogen (secondary N) is 2. The van der Waals surface area contributed by atoms with E-state index in [1.165, 1.54) is 6.42 Å². The predicted molar refractivity (Wildman–Crippen MR) is 62.0 cm³/mol. The molecule has 1 fully saturated rings. The van der Waals surface area contributed by atoms with E-state index in [1.807, 2.05) is 11.8 Å². The molecule has 0 saturated carbocycles. The van der Waals surface area contributed by atoms with Crippen molar-refractivity contribution < 1.29 is 4.79 Å². The molecule has 1 heterocycles. The van der Waals surface area contributed by atoms with Crippen molar-refractivity contribution in [1.29, 1.82) is 0 Å².